The smallest absolute Gasteiger partial charge is 0.253 e. The lowest BCUT2D eigenvalue weighted by molar-refractivity contribution is -0.0956. The third kappa shape index (κ3) is 3.25. The Kier molecular flexibility index (Phi) is 4.64. The van der Waals surface area contributed by atoms with Gasteiger partial charge in [0, 0.05) is 44.4 Å². The minimum absolute atomic E-state index is 0.0587. The van der Waals surface area contributed by atoms with Crippen molar-refractivity contribution >= 4 is 11.6 Å². The molecule has 5 nitrogen and oxygen atoms in total. The molecule has 2 fully saturated rings. The summed E-state index contributed by atoms with van der Waals surface area (Å²) < 4.78 is 11.2. The molecule has 0 aromatic heterocycles. The minimum atomic E-state index is -0.0587. The maximum Gasteiger partial charge on any atom is 0.253 e. The van der Waals surface area contributed by atoms with Gasteiger partial charge >= 0.3 is 0 Å². The molecule has 2 aliphatic heterocycles. The van der Waals surface area contributed by atoms with Gasteiger partial charge in [0.2, 0.25) is 0 Å². The molecule has 0 saturated carbocycles. The van der Waals surface area contributed by atoms with Gasteiger partial charge in [0.1, 0.15) is 0 Å². The third-order valence-corrected chi connectivity index (χ3v) is 4.49. The van der Waals surface area contributed by atoms with Crippen LogP contribution >= 0.6 is 0 Å². The number of anilines is 1. The van der Waals surface area contributed by atoms with Gasteiger partial charge in [-0.2, -0.15) is 0 Å². The molecule has 1 aromatic carbocycles. The number of nitrogens with zero attached hydrogens (tertiary/aromatic N) is 2. The molecule has 0 atom stereocenters. The molecular formula is C17H24N2O3. The second-order valence-electron chi connectivity index (χ2n) is 6.18. The fourth-order valence-corrected chi connectivity index (χ4v) is 3.11. The monoisotopic (exact) mass is 304 g/mol. The van der Waals surface area contributed by atoms with Crippen LogP contribution in [0.15, 0.2) is 24.3 Å². The molecule has 0 aliphatic carbocycles. The molecular weight excluding hydrogens is 280 g/mol. The van der Waals surface area contributed by atoms with Crippen molar-refractivity contribution in [1.82, 2.24) is 4.90 Å². The zero-order chi connectivity index (χ0) is 15.5. The zero-order valence-corrected chi connectivity index (χ0v) is 13.3. The average Bonchev–Trinajstić information content (AvgIpc) is 3.09. The van der Waals surface area contributed by atoms with E-state index in [4.69, 9.17) is 9.47 Å². The van der Waals surface area contributed by atoms with Crippen molar-refractivity contribution in [3.8, 4) is 0 Å². The third-order valence-electron chi connectivity index (χ3n) is 4.49. The summed E-state index contributed by atoms with van der Waals surface area (Å²) in [5.74, 6) is 0.541. The molecule has 0 bridgehead atoms. The number of amides is 1. The van der Waals surface area contributed by atoms with E-state index in [0.717, 1.165) is 37.2 Å². The quantitative estimate of drug-likeness (QED) is 0.856. The summed E-state index contributed by atoms with van der Waals surface area (Å²) in [5.41, 5.74) is 1.86. The van der Waals surface area contributed by atoms with Crippen molar-refractivity contribution < 1.29 is 14.3 Å². The van der Waals surface area contributed by atoms with Gasteiger partial charge in [-0.1, -0.05) is 0 Å². The Balaban J connectivity index is 1.57. The second-order valence-corrected chi connectivity index (χ2v) is 6.18. The number of piperidine rings is 1. The van der Waals surface area contributed by atoms with Gasteiger partial charge in [0.05, 0.1) is 13.2 Å². The first kappa shape index (κ1) is 15.3. The highest BCUT2D eigenvalue weighted by atomic mass is 16.7. The molecule has 1 aromatic rings. The lowest BCUT2D eigenvalue weighted by Crippen LogP contribution is -2.41. The standard InChI is InChI=1S/C17H24N2O3/c1-18(2)15-5-3-13(4-6-15)16(20)19-9-7-14(8-10-19)17-21-11-12-22-17/h3-6,14,17H,7-12H2,1-2H3. The van der Waals surface area contributed by atoms with E-state index >= 15 is 0 Å². The highest BCUT2D eigenvalue weighted by molar-refractivity contribution is 5.94. The molecule has 1 amide bonds. The highest BCUT2D eigenvalue weighted by Crippen LogP contribution is 2.26. The van der Waals surface area contributed by atoms with Crippen molar-refractivity contribution in [3.63, 3.8) is 0 Å². The van der Waals surface area contributed by atoms with Crippen LogP contribution in [0, 0.1) is 5.92 Å². The molecule has 22 heavy (non-hydrogen) atoms. The number of rotatable bonds is 3. The summed E-state index contributed by atoms with van der Waals surface area (Å²) in [6, 6.07) is 7.79. The van der Waals surface area contributed by atoms with Crippen LogP contribution in [0.5, 0.6) is 0 Å². The van der Waals surface area contributed by atoms with E-state index in [9.17, 15) is 4.79 Å². The van der Waals surface area contributed by atoms with Crippen molar-refractivity contribution in [2.45, 2.75) is 19.1 Å². The van der Waals surface area contributed by atoms with Crippen molar-refractivity contribution in [3.05, 3.63) is 29.8 Å². The van der Waals surface area contributed by atoms with Crippen LogP contribution in [-0.2, 0) is 9.47 Å². The van der Waals surface area contributed by atoms with Crippen molar-refractivity contribution in [1.29, 1.82) is 0 Å². The molecule has 0 spiro atoms. The molecule has 3 rings (SSSR count). The predicted molar refractivity (Wildman–Crippen MR) is 85.1 cm³/mol. The Hall–Kier alpha value is -1.59. The number of carbonyl (C=O) groups is 1. The average molecular weight is 304 g/mol. The van der Waals surface area contributed by atoms with Gasteiger partial charge in [-0.25, -0.2) is 0 Å². The first-order valence-electron chi connectivity index (χ1n) is 7.95. The molecule has 0 unspecified atom stereocenters. The number of hydrogen-bond donors (Lipinski definition) is 0. The Labute approximate surface area is 131 Å². The zero-order valence-electron chi connectivity index (χ0n) is 13.3. The van der Waals surface area contributed by atoms with Gasteiger partial charge < -0.3 is 19.3 Å². The van der Waals surface area contributed by atoms with E-state index in [1.807, 2.05) is 48.2 Å². The summed E-state index contributed by atoms with van der Waals surface area (Å²) in [4.78, 5) is 16.5. The van der Waals surface area contributed by atoms with Gasteiger partial charge in [-0.3, -0.25) is 4.79 Å². The van der Waals surface area contributed by atoms with E-state index in [-0.39, 0.29) is 12.2 Å². The highest BCUT2D eigenvalue weighted by Gasteiger charge is 2.31. The van der Waals surface area contributed by atoms with Crippen LogP contribution in [0.25, 0.3) is 0 Å². The van der Waals surface area contributed by atoms with E-state index in [1.54, 1.807) is 0 Å². The Morgan fingerprint density at radius 3 is 2.23 bits per heavy atom. The van der Waals surface area contributed by atoms with Crippen molar-refractivity contribution in [2.75, 3.05) is 45.3 Å². The van der Waals surface area contributed by atoms with E-state index in [2.05, 4.69) is 0 Å². The van der Waals surface area contributed by atoms with Crippen LogP contribution in [0.2, 0.25) is 0 Å². The number of likely N-dealkylation sites (tertiary alicyclic amines) is 1. The fourth-order valence-electron chi connectivity index (χ4n) is 3.11. The first-order valence-corrected chi connectivity index (χ1v) is 7.95. The summed E-state index contributed by atoms with van der Waals surface area (Å²) in [5, 5.41) is 0. The van der Waals surface area contributed by atoms with Crippen molar-refractivity contribution in [2.24, 2.45) is 5.92 Å². The van der Waals surface area contributed by atoms with Gasteiger partial charge in [-0.15, -0.1) is 0 Å². The van der Waals surface area contributed by atoms with E-state index in [1.165, 1.54) is 0 Å². The largest absolute Gasteiger partial charge is 0.378 e. The minimum Gasteiger partial charge on any atom is -0.378 e. The lowest BCUT2D eigenvalue weighted by Gasteiger charge is -2.34. The summed E-state index contributed by atoms with van der Waals surface area (Å²) >= 11 is 0. The van der Waals surface area contributed by atoms with Gasteiger partial charge in [0.25, 0.3) is 5.91 Å². The SMILES string of the molecule is CN(C)c1ccc(C(=O)N2CCC(C3OCCO3)CC2)cc1. The fraction of sp³-hybridized carbons (Fsp3) is 0.588. The van der Waals surface area contributed by atoms with Crippen LogP contribution in [0.3, 0.4) is 0 Å². The summed E-state index contributed by atoms with van der Waals surface area (Å²) in [6.07, 6.45) is 1.84. The number of carbonyl (C=O) groups excluding carboxylic acids is 1. The number of benzene rings is 1. The number of hydrogen-bond acceptors (Lipinski definition) is 4. The Morgan fingerprint density at radius 1 is 1.09 bits per heavy atom. The molecule has 120 valence electrons. The van der Waals surface area contributed by atoms with Gasteiger partial charge in [-0.05, 0) is 37.1 Å². The molecule has 2 aliphatic rings. The summed E-state index contributed by atoms with van der Waals surface area (Å²) in [7, 11) is 3.99. The van der Waals surface area contributed by atoms with E-state index in [0.29, 0.717) is 19.1 Å². The van der Waals surface area contributed by atoms with Crippen LogP contribution < -0.4 is 4.90 Å². The molecule has 0 radical (unpaired) electrons. The maximum absolute atomic E-state index is 12.6. The van der Waals surface area contributed by atoms with Crippen LogP contribution in [-0.4, -0.2) is 57.5 Å². The number of ether oxygens (including phenoxy) is 2. The topological polar surface area (TPSA) is 42.0 Å². The Bertz CT molecular complexity index is 501. The first-order chi connectivity index (χ1) is 10.6. The second kappa shape index (κ2) is 6.67. The molecule has 2 saturated heterocycles. The van der Waals surface area contributed by atoms with Gasteiger partial charge in [0.15, 0.2) is 6.29 Å². The Morgan fingerprint density at radius 2 is 1.68 bits per heavy atom. The lowest BCUT2D eigenvalue weighted by atomic mass is 9.95. The molecule has 0 N–H and O–H groups in total. The van der Waals surface area contributed by atoms with Crippen LogP contribution in [0.1, 0.15) is 23.2 Å². The summed E-state index contributed by atoms with van der Waals surface area (Å²) in [6.45, 7) is 2.95. The molecule has 2 heterocycles. The molecule has 5 heteroatoms. The maximum atomic E-state index is 12.6. The van der Waals surface area contributed by atoms with Crippen LogP contribution in [0.4, 0.5) is 5.69 Å². The van der Waals surface area contributed by atoms with E-state index < -0.39 is 0 Å². The normalized spacial score (nSPS) is 20.4. The predicted octanol–water partition coefficient (Wildman–Crippen LogP) is 1.98.